The predicted octanol–water partition coefficient (Wildman–Crippen LogP) is 2.84. The Hall–Kier alpha value is -2.76. The van der Waals surface area contributed by atoms with E-state index in [1.54, 1.807) is 33.1 Å². The van der Waals surface area contributed by atoms with Gasteiger partial charge < -0.3 is 19.5 Å². The van der Waals surface area contributed by atoms with Crippen molar-refractivity contribution in [2.45, 2.75) is 38.7 Å². The second-order valence-electron chi connectivity index (χ2n) is 7.15. The van der Waals surface area contributed by atoms with Gasteiger partial charge in [-0.2, -0.15) is 0 Å². The van der Waals surface area contributed by atoms with Gasteiger partial charge in [0.05, 0.1) is 18.4 Å². The van der Waals surface area contributed by atoms with Crippen LogP contribution in [0.3, 0.4) is 0 Å². The van der Waals surface area contributed by atoms with E-state index in [9.17, 15) is 9.59 Å². The van der Waals surface area contributed by atoms with Gasteiger partial charge in [0.25, 0.3) is 0 Å². The van der Waals surface area contributed by atoms with Crippen LogP contribution in [0.1, 0.15) is 38.7 Å². The van der Waals surface area contributed by atoms with Gasteiger partial charge in [-0.25, -0.2) is 4.79 Å². The van der Waals surface area contributed by atoms with Crippen molar-refractivity contribution in [3.63, 3.8) is 0 Å². The molecule has 6 heteroatoms. The van der Waals surface area contributed by atoms with Gasteiger partial charge in [0, 0.05) is 12.3 Å². The van der Waals surface area contributed by atoms with Crippen LogP contribution in [0.25, 0.3) is 0 Å². The zero-order valence-corrected chi connectivity index (χ0v) is 15.5. The molecule has 1 amide bonds. The van der Waals surface area contributed by atoms with Crippen LogP contribution in [0.5, 0.6) is 11.5 Å². The first-order valence-corrected chi connectivity index (χ1v) is 8.46. The van der Waals surface area contributed by atoms with Crippen molar-refractivity contribution in [3.05, 3.63) is 47.2 Å². The van der Waals surface area contributed by atoms with Gasteiger partial charge in [-0.3, -0.25) is 4.79 Å². The van der Waals surface area contributed by atoms with Crippen molar-refractivity contribution in [3.8, 4) is 11.5 Å². The molecule has 1 aromatic rings. The highest BCUT2D eigenvalue weighted by Crippen LogP contribution is 2.44. The maximum absolute atomic E-state index is 12.4. The van der Waals surface area contributed by atoms with Crippen LogP contribution in [0.15, 0.2) is 41.6 Å². The second kappa shape index (κ2) is 6.52. The Balaban J connectivity index is 2.00. The SMILES string of the molecule is C=C(C)COc1ccc([C@H]2CC(=O)NC3=C2C(=O)OC3(C)C)cc1OC. The molecular weight excluding hydrogens is 334 g/mol. The van der Waals surface area contributed by atoms with Gasteiger partial charge in [0.15, 0.2) is 11.5 Å². The quantitative estimate of drug-likeness (QED) is 0.648. The molecule has 0 bridgehead atoms. The highest BCUT2D eigenvalue weighted by molar-refractivity contribution is 5.99. The van der Waals surface area contributed by atoms with Gasteiger partial charge in [-0.1, -0.05) is 12.6 Å². The Bertz CT molecular complexity index is 821. The predicted molar refractivity (Wildman–Crippen MR) is 96.0 cm³/mol. The number of esters is 1. The summed E-state index contributed by atoms with van der Waals surface area (Å²) in [6.07, 6.45) is 0.180. The summed E-state index contributed by atoms with van der Waals surface area (Å²) in [5, 5.41) is 2.80. The van der Waals surface area contributed by atoms with Gasteiger partial charge in [0.1, 0.15) is 12.2 Å². The molecule has 0 fully saturated rings. The van der Waals surface area contributed by atoms with Crippen molar-refractivity contribution in [2.75, 3.05) is 13.7 Å². The van der Waals surface area contributed by atoms with E-state index < -0.39 is 11.6 Å². The summed E-state index contributed by atoms with van der Waals surface area (Å²) in [7, 11) is 1.55. The Morgan fingerprint density at radius 1 is 1.35 bits per heavy atom. The summed E-state index contributed by atoms with van der Waals surface area (Å²) in [6, 6.07) is 5.44. The lowest BCUT2D eigenvalue weighted by atomic mass is 9.82. The average Bonchev–Trinajstić information content (AvgIpc) is 2.81. The molecule has 1 N–H and O–H groups in total. The summed E-state index contributed by atoms with van der Waals surface area (Å²) in [5.41, 5.74) is 1.92. The first-order chi connectivity index (χ1) is 12.2. The Morgan fingerprint density at radius 3 is 2.73 bits per heavy atom. The molecular formula is C20H23NO5. The minimum atomic E-state index is -0.838. The van der Waals surface area contributed by atoms with Crippen LogP contribution in [0.4, 0.5) is 0 Å². The number of methoxy groups -OCH3 is 1. The molecule has 6 nitrogen and oxygen atoms in total. The number of carbonyl (C=O) groups is 2. The maximum Gasteiger partial charge on any atom is 0.337 e. The molecule has 0 radical (unpaired) electrons. The fourth-order valence-corrected chi connectivity index (χ4v) is 3.28. The highest BCUT2D eigenvalue weighted by atomic mass is 16.6. The molecule has 0 aromatic heterocycles. The van der Waals surface area contributed by atoms with E-state index in [4.69, 9.17) is 14.2 Å². The minimum absolute atomic E-state index is 0.137. The summed E-state index contributed by atoms with van der Waals surface area (Å²) < 4.78 is 16.6. The van der Waals surface area contributed by atoms with E-state index in [1.807, 2.05) is 13.0 Å². The number of ether oxygens (including phenoxy) is 3. The summed E-state index contributed by atoms with van der Waals surface area (Å²) >= 11 is 0. The van der Waals surface area contributed by atoms with E-state index in [2.05, 4.69) is 11.9 Å². The lowest BCUT2D eigenvalue weighted by Gasteiger charge is -2.27. The van der Waals surface area contributed by atoms with Crippen molar-refractivity contribution in [2.24, 2.45) is 0 Å². The number of nitrogens with one attached hydrogen (secondary N) is 1. The van der Waals surface area contributed by atoms with Crippen molar-refractivity contribution >= 4 is 11.9 Å². The Labute approximate surface area is 152 Å². The smallest absolute Gasteiger partial charge is 0.337 e. The summed E-state index contributed by atoms with van der Waals surface area (Å²) in [6.45, 7) is 9.62. The standard InChI is InChI=1S/C20H23NO5/c1-11(2)10-25-14-7-6-12(8-15(14)24-5)13-9-16(22)21-18-17(13)19(23)26-20(18,3)4/h6-8,13H,1,9-10H2,2-5H3,(H,21,22)/t13-/m1/s1. The average molecular weight is 357 g/mol. The fraction of sp³-hybridized carbons (Fsp3) is 0.400. The number of hydrogen-bond donors (Lipinski definition) is 1. The molecule has 2 heterocycles. The monoisotopic (exact) mass is 357 g/mol. The van der Waals surface area contributed by atoms with Gasteiger partial charge in [0.2, 0.25) is 5.91 Å². The van der Waals surface area contributed by atoms with Crippen LogP contribution < -0.4 is 14.8 Å². The molecule has 0 aliphatic carbocycles. The summed E-state index contributed by atoms with van der Waals surface area (Å²) in [4.78, 5) is 24.6. The van der Waals surface area contributed by atoms with Gasteiger partial charge >= 0.3 is 5.97 Å². The third-order valence-corrected chi connectivity index (χ3v) is 4.51. The lowest BCUT2D eigenvalue weighted by Crippen LogP contribution is -2.38. The minimum Gasteiger partial charge on any atom is -0.493 e. The number of hydrogen-bond acceptors (Lipinski definition) is 5. The number of rotatable bonds is 5. The molecule has 138 valence electrons. The van der Waals surface area contributed by atoms with E-state index >= 15 is 0 Å². The number of benzene rings is 1. The first-order valence-electron chi connectivity index (χ1n) is 8.46. The van der Waals surface area contributed by atoms with E-state index in [1.165, 1.54) is 0 Å². The number of cyclic esters (lactones) is 1. The maximum atomic E-state index is 12.4. The van der Waals surface area contributed by atoms with Crippen molar-refractivity contribution in [1.29, 1.82) is 0 Å². The number of carbonyl (C=O) groups excluding carboxylic acids is 2. The van der Waals surface area contributed by atoms with E-state index in [-0.39, 0.29) is 18.2 Å². The zero-order valence-electron chi connectivity index (χ0n) is 15.5. The molecule has 0 unspecified atom stereocenters. The molecule has 2 aliphatic rings. The van der Waals surface area contributed by atoms with Crippen LogP contribution in [-0.2, 0) is 14.3 Å². The Kier molecular flexibility index (Phi) is 4.52. The fourth-order valence-electron chi connectivity index (χ4n) is 3.28. The Morgan fingerprint density at radius 2 is 2.08 bits per heavy atom. The third kappa shape index (κ3) is 3.19. The normalized spacial score (nSPS) is 21.0. The van der Waals surface area contributed by atoms with Gasteiger partial charge in [-0.05, 0) is 44.0 Å². The van der Waals surface area contributed by atoms with Crippen LogP contribution >= 0.6 is 0 Å². The molecule has 3 rings (SSSR count). The molecule has 0 spiro atoms. The molecule has 1 atom stereocenters. The molecule has 0 saturated heterocycles. The van der Waals surface area contributed by atoms with Crippen molar-refractivity contribution < 1.29 is 23.8 Å². The molecule has 2 aliphatic heterocycles. The molecule has 26 heavy (non-hydrogen) atoms. The first kappa shape index (κ1) is 18.0. The van der Waals surface area contributed by atoms with Crippen LogP contribution in [-0.4, -0.2) is 31.2 Å². The lowest BCUT2D eigenvalue weighted by molar-refractivity contribution is -0.144. The molecule has 1 aromatic carbocycles. The zero-order chi connectivity index (χ0) is 19.1. The van der Waals surface area contributed by atoms with E-state index in [0.29, 0.717) is 29.4 Å². The van der Waals surface area contributed by atoms with Gasteiger partial charge in [-0.15, -0.1) is 0 Å². The topological polar surface area (TPSA) is 73.9 Å². The highest BCUT2D eigenvalue weighted by Gasteiger charge is 2.47. The van der Waals surface area contributed by atoms with Crippen LogP contribution in [0, 0.1) is 0 Å². The molecule has 0 saturated carbocycles. The number of amides is 1. The largest absolute Gasteiger partial charge is 0.493 e. The van der Waals surface area contributed by atoms with Crippen LogP contribution in [0.2, 0.25) is 0 Å². The van der Waals surface area contributed by atoms with E-state index in [0.717, 1.165) is 11.1 Å². The van der Waals surface area contributed by atoms with Crippen molar-refractivity contribution in [1.82, 2.24) is 5.32 Å². The third-order valence-electron chi connectivity index (χ3n) is 4.51. The second-order valence-corrected chi connectivity index (χ2v) is 7.15. The summed E-state index contributed by atoms with van der Waals surface area (Å²) in [5.74, 6) is 0.223.